The van der Waals surface area contributed by atoms with Gasteiger partial charge in [0.1, 0.15) is 0 Å². The fourth-order valence-corrected chi connectivity index (χ4v) is 0.426. The van der Waals surface area contributed by atoms with E-state index in [9.17, 15) is 27.2 Å². The predicted octanol–water partition coefficient (Wildman–Crippen LogP) is 0.845. The SMILES string of the molecule is CC(=O)C(NF)(N(F)F)N(F)F. The van der Waals surface area contributed by atoms with Crippen LogP contribution >= 0.6 is 0 Å². The molecule has 0 unspecified atom stereocenters. The van der Waals surface area contributed by atoms with Crippen LogP contribution in [0, 0.1) is 0 Å². The van der Waals surface area contributed by atoms with Crippen molar-refractivity contribution in [2.24, 2.45) is 0 Å². The molecule has 0 saturated heterocycles. The van der Waals surface area contributed by atoms with Crippen molar-refractivity contribution in [2.45, 2.75) is 12.7 Å². The Bertz CT molecular complexity index is 165. The zero-order chi connectivity index (χ0) is 9.94. The molecule has 0 fully saturated rings. The van der Waals surface area contributed by atoms with Crippen molar-refractivity contribution in [3.05, 3.63) is 0 Å². The summed E-state index contributed by atoms with van der Waals surface area (Å²) in [5.41, 5.74) is 0.0162. The Morgan fingerprint density at radius 1 is 1.25 bits per heavy atom. The van der Waals surface area contributed by atoms with Crippen molar-refractivity contribution in [3.8, 4) is 0 Å². The molecule has 0 aliphatic heterocycles. The fraction of sp³-hybridized carbons (Fsp3) is 0.667. The number of Topliss-reactive ketones (excluding diaryl/α,β-unsaturated/α-hetero) is 1. The summed E-state index contributed by atoms with van der Waals surface area (Å²) in [6, 6.07) is 0. The van der Waals surface area contributed by atoms with E-state index < -0.39 is 22.3 Å². The zero-order valence-corrected chi connectivity index (χ0v) is 5.69. The minimum absolute atomic E-state index is 0.0162. The molecule has 72 valence electrons. The molecule has 0 amide bonds. The lowest BCUT2D eigenvalue weighted by molar-refractivity contribution is -0.375. The van der Waals surface area contributed by atoms with Gasteiger partial charge in [-0.25, -0.2) is 0 Å². The molecule has 0 atom stereocenters. The third-order valence-corrected chi connectivity index (χ3v) is 1.11. The van der Waals surface area contributed by atoms with Crippen LogP contribution in [-0.4, -0.2) is 22.3 Å². The first kappa shape index (κ1) is 11.2. The highest BCUT2D eigenvalue weighted by Gasteiger charge is 2.53. The van der Waals surface area contributed by atoms with Crippen molar-refractivity contribution in [1.82, 2.24) is 16.2 Å². The number of nitrogens with one attached hydrogen (secondary N) is 1. The van der Waals surface area contributed by atoms with Gasteiger partial charge in [0.2, 0.25) is 0 Å². The number of halogens is 5. The average molecular weight is 193 g/mol. The summed E-state index contributed by atoms with van der Waals surface area (Å²) < 4.78 is 58.1. The average Bonchev–Trinajstić information content (AvgIpc) is 1.86. The number of ketones is 1. The van der Waals surface area contributed by atoms with Crippen molar-refractivity contribution in [1.29, 1.82) is 0 Å². The number of carbonyl (C=O) groups excluding carboxylic acids is 1. The Kier molecular flexibility index (Phi) is 3.49. The lowest BCUT2D eigenvalue weighted by atomic mass is 10.3. The number of hydrogen-bond acceptors (Lipinski definition) is 4. The summed E-state index contributed by atoms with van der Waals surface area (Å²) in [5, 5.41) is -4.54. The number of carbonyl (C=O) groups is 1. The van der Waals surface area contributed by atoms with Crippen molar-refractivity contribution in [3.63, 3.8) is 0 Å². The van der Waals surface area contributed by atoms with Gasteiger partial charge in [-0.05, 0) is 6.92 Å². The molecule has 0 aromatic carbocycles. The van der Waals surface area contributed by atoms with E-state index in [0.717, 1.165) is 0 Å². The van der Waals surface area contributed by atoms with Crippen LogP contribution in [0.2, 0.25) is 0 Å². The number of hydrogen-bond donors (Lipinski definition) is 1. The van der Waals surface area contributed by atoms with Gasteiger partial charge in [0.05, 0.1) is 10.7 Å². The van der Waals surface area contributed by atoms with E-state index >= 15 is 0 Å². The van der Waals surface area contributed by atoms with Crippen molar-refractivity contribution in [2.75, 3.05) is 0 Å². The highest BCUT2D eigenvalue weighted by molar-refractivity contribution is 5.84. The fourth-order valence-electron chi connectivity index (χ4n) is 0.426. The van der Waals surface area contributed by atoms with Crippen molar-refractivity contribution >= 4 is 5.78 Å². The van der Waals surface area contributed by atoms with Crippen LogP contribution in [0.1, 0.15) is 6.92 Å². The highest BCUT2D eigenvalue weighted by Crippen LogP contribution is 2.21. The molecule has 0 aliphatic carbocycles. The van der Waals surface area contributed by atoms with Gasteiger partial charge in [-0.3, -0.25) is 4.79 Å². The standard InChI is InChI=1S/C3H4F5N3O/c1-2(12)3(9-4,10(5)6)11(7)8/h9H,1H3. The van der Waals surface area contributed by atoms with Crippen LogP contribution in [0.5, 0.6) is 0 Å². The van der Waals surface area contributed by atoms with Crippen LogP contribution in [-0.2, 0) is 4.79 Å². The summed E-state index contributed by atoms with van der Waals surface area (Å²) in [6.07, 6.45) is 0. The first-order chi connectivity index (χ1) is 5.39. The normalized spacial score (nSPS) is 12.7. The van der Waals surface area contributed by atoms with Crippen LogP contribution < -0.4 is 5.54 Å². The molecule has 0 rings (SSSR count). The second-order valence-electron chi connectivity index (χ2n) is 1.79. The molecular formula is C3H4F5N3O. The van der Waals surface area contributed by atoms with E-state index in [1.54, 1.807) is 0 Å². The minimum atomic E-state index is -4.01. The summed E-state index contributed by atoms with van der Waals surface area (Å²) in [7, 11) is 0. The van der Waals surface area contributed by atoms with E-state index in [1.807, 2.05) is 0 Å². The van der Waals surface area contributed by atoms with Gasteiger partial charge >= 0.3 is 5.79 Å². The topological polar surface area (TPSA) is 35.6 Å². The van der Waals surface area contributed by atoms with Crippen LogP contribution in [0.4, 0.5) is 22.4 Å². The van der Waals surface area contributed by atoms with E-state index in [0.29, 0.717) is 6.92 Å². The molecule has 9 heteroatoms. The van der Waals surface area contributed by atoms with Gasteiger partial charge in [0.25, 0.3) is 0 Å². The van der Waals surface area contributed by atoms with E-state index in [4.69, 9.17) is 0 Å². The molecule has 0 aromatic heterocycles. The predicted molar refractivity (Wildman–Crippen MR) is 25.8 cm³/mol. The van der Waals surface area contributed by atoms with Crippen LogP contribution in [0.3, 0.4) is 0 Å². The van der Waals surface area contributed by atoms with E-state index in [-0.39, 0.29) is 5.54 Å². The molecule has 4 nitrogen and oxygen atoms in total. The van der Waals surface area contributed by atoms with E-state index in [1.165, 1.54) is 0 Å². The molecule has 0 aliphatic rings. The Labute approximate surface area is 63.2 Å². The first-order valence-corrected chi connectivity index (χ1v) is 2.52. The molecule has 0 saturated carbocycles. The summed E-state index contributed by atoms with van der Waals surface area (Å²) in [6.45, 7) is 0.380. The molecular weight excluding hydrogens is 189 g/mol. The Morgan fingerprint density at radius 2 is 1.58 bits per heavy atom. The van der Waals surface area contributed by atoms with Gasteiger partial charge < -0.3 is 0 Å². The molecule has 12 heavy (non-hydrogen) atoms. The minimum Gasteiger partial charge on any atom is -0.294 e. The second kappa shape index (κ2) is 3.74. The molecule has 0 radical (unpaired) electrons. The monoisotopic (exact) mass is 193 g/mol. The van der Waals surface area contributed by atoms with Crippen molar-refractivity contribution < 1.29 is 27.2 Å². The maximum Gasteiger partial charge on any atom is 0.329 e. The Morgan fingerprint density at radius 3 is 1.58 bits per heavy atom. The third kappa shape index (κ3) is 1.52. The van der Waals surface area contributed by atoms with Crippen LogP contribution in [0.15, 0.2) is 0 Å². The molecule has 0 spiro atoms. The number of rotatable bonds is 4. The van der Waals surface area contributed by atoms with Gasteiger partial charge in [0, 0.05) is 0 Å². The zero-order valence-electron chi connectivity index (χ0n) is 5.69. The lowest BCUT2D eigenvalue weighted by Crippen LogP contribution is -2.62. The van der Waals surface area contributed by atoms with Gasteiger partial charge in [-0.1, -0.05) is 17.9 Å². The summed E-state index contributed by atoms with van der Waals surface area (Å²) >= 11 is 0. The molecule has 0 bridgehead atoms. The summed E-state index contributed by atoms with van der Waals surface area (Å²) in [4.78, 5) is 10.2. The highest BCUT2D eigenvalue weighted by atomic mass is 19.4. The maximum absolute atomic E-state index is 11.6. The molecule has 0 heterocycles. The molecule has 0 aromatic rings. The molecule has 1 N–H and O–H groups in total. The van der Waals surface area contributed by atoms with Crippen LogP contribution in [0.25, 0.3) is 0 Å². The largest absolute Gasteiger partial charge is 0.329 e. The van der Waals surface area contributed by atoms with E-state index in [2.05, 4.69) is 0 Å². The lowest BCUT2D eigenvalue weighted by Gasteiger charge is -2.26. The smallest absolute Gasteiger partial charge is 0.294 e. The Balaban J connectivity index is 4.90. The van der Waals surface area contributed by atoms with Gasteiger partial charge in [-0.15, -0.1) is 10.0 Å². The second-order valence-corrected chi connectivity index (χ2v) is 1.79. The first-order valence-electron chi connectivity index (χ1n) is 2.52. The number of nitrogens with zero attached hydrogens (tertiary/aromatic N) is 2. The maximum atomic E-state index is 11.6. The third-order valence-electron chi connectivity index (χ3n) is 1.11. The quantitative estimate of drug-likeness (QED) is 0.407. The Hall–Kier alpha value is -0.800. The van der Waals surface area contributed by atoms with Gasteiger partial charge in [-0.2, -0.15) is 0 Å². The van der Waals surface area contributed by atoms with Gasteiger partial charge in [0.15, 0.2) is 5.78 Å². The summed E-state index contributed by atoms with van der Waals surface area (Å²) in [5.74, 6) is -5.81.